The molecule has 1 aromatic carbocycles. The number of rotatable bonds is 3. The van der Waals surface area contributed by atoms with Crippen LogP contribution in [-0.2, 0) is 16.0 Å². The molecule has 2 atom stereocenters. The minimum Gasteiger partial charge on any atom is -0.373 e. The highest BCUT2D eigenvalue weighted by Crippen LogP contribution is 2.12. The second-order valence-electron chi connectivity index (χ2n) is 4.88. The predicted molar refractivity (Wildman–Crippen MR) is 70.1 cm³/mol. The zero-order chi connectivity index (χ0) is 13.8. The van der Waals surface area contributed by atoms with E-state index in [0.717, 1.165) is 0 Å². The fourth-order valence-corrected chi connectivity index (χ4v) is 2.14. The van der Waals surface area contributed by atoms with Gasteiger partial charge in [-0.05, 0) is 18.6 Å². The van der Waals surface area contributed by atoms with Crippen molar-refractivity contribution in [2.45, 2.75) is 25.5 Å². The third-order valence-electron chi connectivity index (χ3n) is 3.33. The Morgan fingerprint density at radius 2 is 2.32 bits per heavy atom. The van der Waals surface area contributed by atoms with Gasteiger partial charge in [0, 0.05) is 19.1 Å². The van der Waals surface area contributed by atoms with E-state index in [0.29, 0.717) is 25.3 Å². The fraction of sp³-hybridized carbons (Fsp3) is 0.500. The van der Waals surface area contributed by atoms with Crippen LogP contribution >= 0.6 is 0 Å². The molecule has 1 amide bonds. The molecule has 2 unspecified atom stereocenters. The van der Waals surface area contributed by atoms with Crippen molar-refractivity contribution in [1.29, 1.82) is 0 Å². The second kappa shape index (κ2) is 6.12. The number of carbonyl (C=O) groups excluding carboxylic acids is 1. The van der Waals surface area contributed by atoms with E-state index >= 15 is 0 Å². The van der Waals surface area contributed by atoms with Crippen LogP contribution in [0, 0.1) is 5.82 Å². The predicted octanol–water partition coefficient (Wildman–Crippen LogP) is 0.943. The van der Waals surface area contributed by atoms with E-state index in [1.54, 1.807) is 23.1 Å². The molecule has 1 aromatic rings. The van der Waals surface area contributed by atoms with Gasteiger partial charge in [-0.2, -0.15) is 0 Å². The van der Waals surface area contributed by atoms with E-state index in [9.17, 15) is 9.18 Å². The van der Waals surface area contributed by atoms with Gasteiger partial charge in [-0.1, -0.05) is 18.2 Å². The molecular formula is C14H19FN2O2. The van der Waals surface area contributed by atoms with Crippen molar-refractivity contribution < 1.29 is 13.9 Å². The topological polar surface area (TPSA) is 55.6 Å². The normalized spacial score (nSPS) is 21.2. The molecule has 0 spiro atoms. The van der Waals surface area contributed by atoms with Crippen LogP contribution in [-0.4, -0.2) is 42.6 Å². The van der Waals surface area contributed by atoms with Crippen molar-refractivity contribution in [3.63, 3.8) is 0 Å². The summed E-state index contributed by atoms with van der Waals surface area (Å²) in [6.07, 6.45) is -0.0588. The maximum atomic E-state index is 13.5. The summed E-state index contributed by atoms with van der Waals surface area (Å²) in [6.45, 7) is 3.35. The highest BCUT2D eigenvalue weighted by molar-refractivity contribution is 5.79. The largest absolute Gasteiger partial charge is 0.373 e. The van der Waals surface area contributed by atoms with Gasteiger partial charge in [-0.3, -0.25) is 4.79 Å². The van der Waals surface area contributed by atoms with Gasteiger partial charge < -0.3 is 15.4 Å². The summed E-state index contributed by atoms with van der Waals surface area (Å²) in [5.74, 6) is -0.424. The number of ether oxygens (including phenoxy) is 1. The number of nitrogens with two attached hydrogens (primary N) is 1. The molecule has 0 bridgehead atoms. The molecular weight excluding hydrogens is 247 g/mol. The number of hydrogen-bond donors (Lipinski definition) is 1. The van der Waals surface area contributed by atoms with E-state index in [1.165, 1.54) is 6.07 Å². The highest BCUT2D eigenvalue weighted by atomic mass is 19.1. The van der Waals surface area contributed by atoms with Crippen LogP contribution in [0.2, 0.25) is 0 Å². The molecule has 4 nitrogen and oxygen atoms in total. The van der Waals surface area contributed by atoms with Crippen LogP contribution in [0.25, 0.3) is 0 Å². The van der Waals surface area contributed by atoms with E-state index in [2.05, 4.69) is 0 Å². The van der Waals surface area contributed by atoms with Crippen LogP contribution in [0.1, 0.15) is 12.5 Å². The van der Waals surface area contributed by atoms with Gasteiger partial charge in [0.2, 0.25) is 5.91 Å². The Morgan fingerprint density at radius 1 is 1.58 bits per heavy atom. The van der Waals surface area contributed by atoms with Gasteiger partial charge in [0.05, 0.1) is 19.1 Å². The summed E-state index contributed by atoms with van der Waals surface area (Å²) >= 11 is 0. The lowest BCUT2D eigenvalue weighted by atomic mass is 10.1. The van der Waals surface area contributed by atoms with E-state index in [1.807, 2.05) is 6.92 Å². The average molecular weight is 266 g/mol. The summed E-state index contributed by atoms with van der Waals surface area (Å²) in [5, 5.41) is 0. The van der Waals surface area contributed by atoms with Gasteiger partial charge in [0.25, 0.3) is 0 Å². The monoisotopic (exact) mass is 266 g/mol. The Bertz CT molecular complexity index is 451. The zero-order valence-electron chi connectivity index (χ0n) is 11.0. The van der Waals surface area contributed by atoms with Crippen LogP contribution in [0.4, 0.5) is 4.39 Å². The lowest BCUT2D eigenvalue weighted by molar-refractivity contribution is -0.138. The molecule has 0 aromatic heterocycles. The Labute approximate surface area is 112 Å². The van der Waals surface area contributed by atoms with Crippen LogP contribution in [0.15, 0.2) is 24.3 Å². The average Bonchev–Trinajstić information content (AvgIpc) is 2.41. The minimum atomic E-state index is -0.340. The number of carbonyl (C=O) groups is 1. The molecule has 1 saturated heterocycles. The number of nitrogens with zero attached hydrogens (tertiary/aromatic N) is 1. The standard InChI is InChI=1S/C14H19FN2O2/c1-10(16)13-9-17(6-7-19-13)14(18)8-11-4-2-3-5-12(11)15/h2-5,10,13H,6-9,16H2,1H3. The lowest BCUT2D eigenvalue weighted by Gasteiger charge is -2.34. The Hall–Kier alpha value is -1.46. The molecule has 1 aliphatic rings. The molecule has 1 aliphatic heterocycles. The van der Waals surface area contributed by atoms with Gasteiger partial charge in [-0.25, -0.2) is 4.39 Å². The highest BCUT2D eigenvalue weighted by Gasteiger charge is 2.26. The molecule has 1 fully saturated rings. The molecule has 0 radical (unpaired) electrons. The first kappa shape index (κ1) is 14.0. The van der Waals surface area contributed by atoms with Crippen molar-refractivity contribution in [1.82, 2.24) is 4.90 Å². The molecule has 2 rings (SSSR count). The SMILES string of the molecule is CC(N)C1CN(C(=O)Cc2ccccc2F)CCO1. The summed E-state index contributed by atoms with van der Waals surface area (Å²) in [7, 11) is 0. The molecule has 0 saturated carbocycles. The molecule has 2 N–H and O–H groups in total. The van der Waals surface area contributed by atoms with Gasteiger partial charge in [-0.15, -0.1) is 0 Å². The van der Waals surface area contributed by atoms with Gasteiger partial charge in [0.15, 0.2) is 0 Å². The first-order chi connectivity index (χ1) is 9.08. The third kappa shape index (κ3) is 3.52. The maximum absolute atomic E-state index is 13.5. The molecule has 19 heavy (non-hydrogen) atoms. The minimum absolute atomic E-state index is 0.0817. The van der Waals surface area contributed by atoms with Gasteiger partial charge >= 0.3 is 0 Å². The summed E-state index contributed by atoms with van der Waals surface area (Å²) in [5.41, 5.74) is 6.21. The van der Waals surface area contributed by atoms with E-state index in [-0.39, 0.29) is 30.3 Å². The number of amides is 1. The Balaban J connectivity index is 1.98. The molecule has 5 heteroatoms. The van der Waals surface area contributed by atoms with Crippen molar-refractivity contribution in [2.24, 2.45) is 5.73 Å². The first-order valence-corrected chi connectivity index (χ1v) is 6.46. The van der Waals surface area contributed by atoms with Crippen molar-refractivity contribution >= 4 is 5.91 Å². The fourth-order valence-electron chi connectivity index (χ4n) is 2.14. The first-order valence-electron chi connectivity index (χ1n) is 6.46. The van der Waals surface area contributed by atoms with Gasteiger partial charge in [0.1, 0.15) is 5.82 Å². The Kier molecular flexibility index (Phi) is 4.50. The van der Waals surface area contributed by atoms with Crippen molar-refractivity contribution in [2.75, 3.05) is 19.7 Å². The van der Waals surface area contributed by atoms with Crippen LogP contribution in [0.3, 0.4) is 0 Å². The van der Waals surface area contributed by atoms with E-state index in [4.69, 9.17) is 10.5 Å². The van der Waals surface area contributed by atoms with E-state index < -0.39 is 0 Å². The molecule has 1 heterocycles. The van der Waals surface area contributed by atoms with Crippen molar-refractivity contribution in [3.05, 3.63) is 35.6 Å². The lowest BCUT2D eigenvalue weighted by Crippen LogP contribution is -2.51. The van der Waals surface area contributed by atoms with Crippen molar-refractivity contribution in [3.8, 4) is 0 Å². The summed E-state index contributed by atoms with van der Waals surface area (Å²) < 4.78 is 19.0. The number of morpholine rings is 1. The Morgan fingerprint density at radius 3 is 3.00 bits per heavy atom. The van der Waals surface area contributed by atoms with Crippen LogP contribution in [0.5, 0.6) is 0 Å². The molecule has 0 aliphatic carbocycles. The molecule has 104 valence electrons. The number of halogens is 1. The smallest absolute Gasteiger partial charge is 0.227 e. The third-order valence-corrected chi connectivity index (χ3v) is 3.33. The summed E-state index contributed by atoms with van der Waals surface area (Å²) in [6, 6.07) is 6.23. The second-order valence-corrected chi connectivity index (χ2v) is 4.88. The number of hydrogen-bond acceptors (Lipinski definition) is 3. The van der Waals surface area contributed by atoms with Crippen LogP contribution < -0.4 is 5.73 Å². The maximum Gasteiger partial charge on any atom is 0.227 e. The quantitative estimate of drug-likeness (QED) is 0.886. The number of benzene rings is 1. The summed E-state index contributed by atoms with van der Waals surface area (Å²) in [4.78, 5) is 13.8. The zero-order valence-corrected chi connectivity index (χ0v) is 11.0.